The van der Waals surface area contributed by atoms with Crippen molar-refractivity contribution < 1.29 is 9.53 Å². The van der Waals surface area contributed by atoms with E-state index in [0.717, 1.165) is 41.8 Å². The van der Waals surface area contributed by atoms with Gasteiger partial charge in [0, 0.05) is 24.2 Å². The maximum atomic E-state index is 13.6. The Bertz CT molecular complexity index is 1100. The lowest BCUT2D eigenvalue weighted by Crippen LogP contribution is -2.58. The molecule has 2 saturated heterocycles. The van der Waals surface area contributed by atoms with E-state index in [-0.39, 0.29) is 18.0 Å². The van der Waals surface area contributed by atoms with Crippen molar-refractivity contribution in [3.05, 3.63) is 40.3 Å². The number of piperidine rings is 2. The van der Waals surface area contributed by atoms with Gasteiger partial charge in [0.2, 0.25) is 0 Å². The van der Waals surface area contributed by atoms with Crippen LogP contribution in [0.5, 0.6) is 0 Å². The second-order valence-electron chi connectivity index (χ2n) is 11.3. The molecule has 2 aromatic rings. The monoisotopic (exact) mass is 463 g/mol. The van der Waals surface area contributed by atoms with Gasteiger partial charge in [0.1, 0.15) is 5.69 Å². The summed E-state index contributed by atoms with van der Waals surface area (Å²) < 4.78 is 6.83. The molecule has 4 bridgehead atoms. The first-order valence-electron chi connectivity index (χ1n) is 13.4. The van der Waals surface area contributed by atoms with Crippen LogP contribution >= 0.6 is 0 Å². The summed E-state index contributed by atoms with van der Waals surface area (Å²) in [6.07, 6.45) is 14.3. The lowest BCUT2D eigenvalue weighted by Gasteiger charge is -2.55. The van der Waals surface area contributed by atoms with Gasteiger partial charge in [-0.3, -0.25) is 14.5 Å². The fourth-order valence-corrected chi connectivity index (χ4v) is 8.03. The predicted octanol–water partition coefficient (Wildman–Crippen LogP) is 4.64. The number of fused-ring (bicyclic) bond motifs is 5. The van der Waals surface area contributed by atoms with Gasteiger partial charge in [0.25, 0.3) is 5.56 Å². The van der Waals surface area contributed by atoms with Crippen LogP contribution in [0, 0.1) is 11.8 Å². The maximum Gasteiger partial charge on any atom is 0.311 e. The van der Waals surface area contributed by atoms with Crippen LogP contribution in [0.1, 0.15) is 82.4 Å². The second kappa shape index (κ2) is 9.10. The van der Waals surface area contributed by atoms with Crippen molar-refractivity contribution >= 4 is 17.0 Å². The molecule has 6 heteroatoms. The van der Waals surface area contributed by atoms with Crippen molar-refractivity contribution in [3.8, 4) is 0 Å². The van der Waals surface area contributed by atoms with Crippen molar-refractivity contribution in [2.75, 3.05) is 7.11 Å². The third-order valence-corrected chi connectivity index (χ3v) is 9.30. The van der Waals surface area contributed by atoms with Gasteiger partial charge in [-0.2, -0.15) is 0 Å². The summed E-state index contributed by atoms with van der Waals surface area (Å²) in [6, 6.07) is 9.90. The molecule has 0 amide bonds. The molecular formula is C28H37N3O3. The summed E-state index contributed by atoms with van der Waals surface area (Å²) >= 11 is 0. The Morgan fingerprint density at radius 3 is 2.29 bits per heavy atom. The van der Waals surface area contributed by atoms with Crippen LogP contribution in [-0.4, -0.2) is 45.7 Å². The molecule has 2 aliphatic carbocycles. The van der Waals surface area contributed by atoms with E-state index in [0.29, 0.717) is 17.8 Å². The summed E-state index contributed by atoms with van der Waals surface area (Å²) in [6.45, 7) is 0. The zero-order valence-corrected chi connectivity index (χ0v) is 20.3. The Morgan fingerprint density at radius 1 is 0.912 bits per heavy atom. The number of carbonyl (C=O) groups excluding carboxylic acids is 1. The number of esters is 1. The first-order chi connectivity index (χ1) is 16.6. The topological polar surface area (TPSA) is 64.4 Å². The molecule has 4 aliphatic rings. The highest BCUT2D eigenvalue weighted by atomic mass is 16.5. The molecule has 5 atom stereocenters. The van der Waals surface area contributed by atoms with Crippen molar-refractivity contribution in [1.82, 2.24) is 14.5 Å². The van der Waals surface area contributed by atoms with E-state index < -0.39 is 5.97 Å². The quantitative estimate of drug-likeness (QED) is 0.618. The molecule has 182 valence electrons. The molecule has 2 saturated carbocycles. The van der Waals surface area contributed by atoms with Crippen LogP contribution in [0.4, 0.5) is 0 Å². The van der Waals surface area contributed by atoms with E-state index in [1.54, 1.807) is 0 Å². The van der Waals surface area contributed by atoms with E-state index in [4.69, 9.17) is 4.74 Å². The Labute approximate surface area is 201 Å². The van der Waals surface area contributed by atoms with Crippen LogP contribution in [0.25, 0.3) is 11.0 Å². The molecule has 4 fully saturated rings. The number of hydrogen-bond acceptors (Lipinski definition) is 5. The largest absolute Gasteiger partial charge is 0.469 e. The Kier molecular flexibility index (Phi) is 5.96. The third-order valence-electron chi connectivity index (χ3n) is 9.30. The lowest BCUT2D eigenvalue weighted by molar-refractivity contribution is -0.139. The fourth-order valence-electron chi connectivity index (χ4n) is 8.03. The van der Waals surface area contributed by atoms with Crippen molar-refractivity contribution in [2.24, 2.45) is 11.8 Å². The minimum Gasteiger partial charge on any atom is -0.469 e. The van der Waals surface area contributed by atoms with Gasteiger partial charge in [-0.1, -0.05) is 37.8 Å². The second-order valence-corrected chi connectivity index (χ2v) is 11.3. The molecule has 6 rings (SSSR count). The van der Waals surface area contributed by atoms with Gasteiger partial charge in [-0.15, -0.1) is 0 Å². The van der Waals surface area contributed by atoms with Gasteiger partial charge in [0.05, 0.1) is 24.6 Å². The number of carbonyl (C=O) groups is 1. The summed E-state index contributed by atoms with van der Waals surface area (Å²) in [5.74, 6) is 1.45. The number of rotatable bonds is 4. The van der Waals surface area contributed by atoms with Crippen molar-refractivity contribution in [2.45, 2.75) is 101 Å². The summed E-state index contributed by atoms with van der Waals surface area (Å²) in [5.41, 5.74) is 1.87. The van der Waals surface area contributed by atoms with Crippen LogP contribution < -0.4 is 5.56 Å². The number of benzene rings is 1. The first kappa shape index (κ1) is 22.3. The number of hydrogen-bond donors (Lipinski definition) is 0. The van der Waals surface area contributed by atoms with Crippen LogP contribution in [-0.2, 0) is 16.0 Å². The van der Waals surface area contributed by atoms with Gasteiger partial charge < -0.3 is 9.30 Å². The highest BCUT2D eigenvalue weighted by Crippen LogP contribution is 2.47. The lowest BCUT2D eigenvalue weighted by atomic mass is 9.68. The number of nitrogens with zero attached hydrogens (tertiary/aromatic N) is 3. The minimum absolute atomic E-state index is 0.0727. The third kappa shape index (κ3) is 3.98. The average Bonchev–Trinajstić information content (AvgIpc) is 2.83. The van der Waals surface area contributed by atoms with Crippen molar-refractivity contribution in [3.63, 3.8) is 0 Å². The molecule has 1 aromatic heterocycles. The standard InChI is InChI=1S/C28H37N3O3/c1-34-27(32)17-25-28(33)31(26-11-3-2-10-24(26)29-25)23-15-20-8-5-9-21(16-23)30(20)22-13-18-6-4-7-19(12-18)14-22/h2-3,10-11,18-23H,4-9,12-17H2,1H3/t18?,19?,20-,21+,22?,23?. The van der Waals surface area contributed by atoms with E-state index in [9.17, 15) is 9.59 Å². The average molecular weight is 464 g/mol. The molecule has 3 unspecified atom stereocenters. The van der Waals surface area contributed by atoms with Crippen molar-refractivity contribution in [1.29, 1.82) is 0 Å². The summed E-state index contributed by atoms with van der Waals surface area (Å²) in [7, 11) is 1.36. The number of para-hydroxylation sites is 2. The molecule has 6 nitrogen and oxygen atoms in total. The summed E-state index contributed by atoms with van der Waals surface area (Å²) in [4.78, 5) is 33.1. The predicted molar refractivity (Wildman–Crippen MR) is 132 cm³/mol. The molecule has 0 spiro atoms. The summed E-state index contributed by atoms with van der Waals surface area (Å²) in [5, 5.41) is 0. The highest BCUT2D eigenvalue weighted by molar-refractivity contribution is 5.77. The molecule has 0 N–H and O–H groups in total. The van der Waals surface area contributed by atoms with Crippen LogP contribution in [0.3, 0.4) is 0 Å². The Hall–Kier alpha value is -2.21. The van der Waals surface area contributed by atoms with Gasteiger partial charge in [-0.05, 0) is 68.9 Å². The highest BCUT2D eigenvalue weighted by Gasteiger charge is 2.45. The molecule has 2 aliphatic heterocycles. The van der Waals surface area contributed by atoms with E-state index in [1.807, 2.05) is 28.8 Å². The normalized spacial score (nSPS) is 33.6. The fraction of sp³-hybridized carbons (Fsp3) is 0.679. The van der Waals surface area contributed by atoms with Gasteiger partial charge in [-0.25, -0.2) is 4.98 Å². The molecule has 1 aromatic carbocycles. The maximum absolute atomic E-state index is 13.6. The SMILES string of the molecule is COC(=O)Cc1nc2ccccc2n(C2C[C@H]3CCC[C@@H](C2)N3C2CC3CCCC(C3)C2)c1=O. The smallest absolute Gasteiger partial charge is 0.311 e. The zero-order chi connectivity index (χ0) is 23.2. The van der Waals surface area contributed by atoms with Crippen LogP contribution in [0.2, 0.25) is 0 Å². The zero-order valence-electron chi connectivity index (χ0n) is 20.3. The number of ether oxygens (including phenoxy) is 1. The van der Waals surface area contributed by atoms with E-state index >= 15 is 0 Å². The number of aromatic nitrogens is 2. The Morgan fingerprint density at radius 2 is 1.59 bits per heavy atom. The van der Waals surface area contributed by atoms with Crippen LogP contribution in [0.15, 0.2) is 29.1 Å². The first-order valence-corrected chi connectivity index (χ1v) is 13.4. The molecule has 34 heavy (non-hydrogen) atoms. The van der Waals surface area contributed by atoms with E-state index in [1.165, 1.54) is 64.9 Å². The Balaban J connectivity index is 1.33. The van der Waals surface area contributed by atoms with Gasteiger partial charge >= 0.3 is 5.97 Å². The van der Waals surface area contributed by atoms with E-state index in [2.05, 4.69) is 9.88 Å². The number of methoxy groups -OCH3 is 1. The molecular weight excluding hydrogens is 426 g/mol. The van der Waals surface area contributed by atoms with Gasteiger partial charge in [0.15, 0.2) is 0 Å². The molecule has 3 heterocycles. The molecule has 0 radical (unpaired) electrons. The minimum atomic E-state index is -0.416.